The van der Waals surface area contributed by atoms with Crippen LogP contribution in [0.15, 0.2) is 53.2 Å². The molecular weight excluding hydrogens is 413 g/mol. The average Bonchev–Trinajstić information content (AvgIpc) is 2.98. The maximum Gasteiger partial charge on any atom is 0.323 e. The lowest BCUT2D eigenvalue weighted by Crippen LogP contribution is -2.19. The number of nitrogens with two attached hydrogens (primary N) is 1. The van der Waals surface area contributed by atoms with Crippen molar-refractivity contribution in [2.24, 2.45) is 0 Å². The summed E-state index contributed by atoms with van der Waals surface area (Å²) in [6, 6.07) is 11.6. The van der Waals surface area contributed by atoms with Gasteiger partial charge in [0, 0.05) is 27.0 Å². The number of amides is 2. The van der Waals surface area contributed by atoms with Crippen molar-refractivity contribution in [2.75, 3.05) is 16.4 Å². The standard InChI is InChI=1S/C20H15Cl2N5O2/c1-10-16(17-18(23)24-9-25-19(17)29-10)11-2-4-14(5-3-11)26-20(28)27-15-7-12(21)6-13(22)8-15/h2-9H,1H3,(H2,23,24,25)(H2,26,27,28). The third-order valence-electron chi connectivity index (χ3n) is 4.25. The summed E-state index contributed by atoms with van der Waals surface area (Å²) in [5.41, 5.74) is 9.23. The zero-order valence-electron chi connectivity index (χ0n) is 15.2. The molecule has 0 spiro atoms. The summed E-state index contributed by atoms with van der Waals surface area (Å²) < 4.78 is 5.68. The van der Waals surface area contributed by atoms with E-state index in [2.05, 4.69) is 20.6 Å². The van der Waals surface area contributed by atoms with Crippen LogP contribution >= 0.6 is 23.2 Å². The maximum absolute atomic E-state index is 12.2. The van der Waals surface area contributed by atoms with E-state index in [1.165, 1.54) is 6.33 Å². The van der Waals surface area contributed by atoms with Crippen LogP contribution in [0.2, 0.25) is 10.0 Å². The summed E-state index contributed by atoms with van der Waals surface area (Å²) in [5.74, 6) is 1.03. The predicted molar refractivity (Wildman–Crippen MR) is 115 cm³/mol. The minimum Gasteiger partial charge on any atom is -0.442 e. The highest BCUT2D eigenvalue weighted by Crippen LogP contribution is 2.36. The molecule has 146 valence electrons. The lowest BCUT2D eigenvalue weighted by Gasteiger charge is -2.09. The van der Waals surface area contributed by atoms with E-state index >= 15 is 0 Å². The molecule has 0 bridgehead atoms. The molecule has 9 heteroatoms. The molecule has 0 radical (unpaired) electrons. The molecule has 0 unspecified atom stereocenters. The van der Waals surface area contributed by atoms with Gasteiger partial charge in [0.15, 0.2) is 0 Å². The number of nitrogen functional groups attached to an aromatic ring is 1. The number of hydrogen-bond acceptors (Lipinski definition) is 5. The first-order valence-electron chi connectivity index (χ1n) is 8.55. The van der Waals surface area contributed by atoms with Crippen molar-refractivity contribution in [2.45, 2.75) is 6.92 Å². The Morgan fingerprint density at radius 3 is 2.34 bits per heavy atom. The first kappa shape index (κ1) is 19.0. The Labute approximate surface area is 175 Å². The van der Waals surface area contributed by atoms with E-state index < -0.39 is 6.03 Å². The van der Waals surface area contributed by atoms with Gasteiger partial charge in [-0.2, -0.15) is 0 Å². The number of carbonyl (C=O) groups is 1. The molecule has 0 atom stereocenters. The van der Waals surface area contributed by atoms with Gasteiger partial charge in [0.1, 0.15) is 17.9 Å². The fourth-order valence-electron chi connectivity index (χ4n) is 3.05. The SMILES string of the molecule is Cc1oc2ncnc(N)c2c1-c1ccc(NC(=O)Nc2cc(Cl)cc(Cl)c2)cc1. The number of rotatable bonds is 3. The van der Waals surface area contributed by atoms with E-state index in [4.69, 9.17) is 33.4 Å². The lowest BCUT2D eigenvalue weighted by atomic mass is 10.0. The molecule has 0 fully saturated rings. The fourth-order valence-corrected chi connectivity index (χ4v) is 3.58. The Kier molecular flexibility index (Phi) is 5.00. The molecule has 7 nitrogen and oxygen atoms in total. The molecule has 2 heterocycles. The van der Waals surface area contributed by atoms with E-state index in [0.717, 1.165) is 11.1 Å². The van der Waals surface area contributed by atoms with Crippen molar-refractivity contribution >= 4 is 57.5 Å². The fraction of sp³-hybridized carbons (Fsp3) is 0.0500. The van der Waals surface area contributed by atoms with Gasteiger partial charge < -0.3 is 20.8 Å². The quantitative estimate of drug-likeness (QED) is 0.386. The van der Waals surface area contributed by atoms with Crippen LogP contribution in [0, 0.1) is 6.92 Å². The summed E-state index contributed by atoms with van der Waals surface area (Å²) in [6.45, 7) is 1.84. The molecule has 0 saturated heterocycles. The van der Waals surface area contributed by atoms with Crippen LogP contribution in [0.3, 0.4) is 0 Å². The van der Waals surface area contributed by atoms with Crippen molar-refractivity contribution < 1.29 is 9.21 Å². The summed E-state index contributed by atoms with van der Waals surface area (Å²) in [5, 5.41) is 6.98. The smallest absolute Gasteiger partial charge is 0.323 e. The van der Waals surface area contributed by atoms with Gasteiger partial charge in [0.25, 0.3) is 0 Å². The highest BCUT2D eigenvalue weighted by atomic mass is 35.5. The first-order chi connectivity index (χ1) is 13.9. The number of nitrogens with one attached hydrogen (secondary N) is 2. The summed E-state index contributed by atoms with van der Waals surface area (Å²) in [6.07, 6.45) is 1.36. The maximum atomic E-state index is 12.2. The zero-order valence-corrected chi connectivity index (χ0v) is 16.7. The highest BCUT2D eigenvalue weighted by Gasteiger charge is 2.17. The van der Waals surface area contributed by atoms with E-state index in [-0.39, 0.29) is 0 Å². The van der Waals surface area contributed by atoms with E-state index in [1.807, 2.05) is 19.1 Å². The molecule has 2 aromatic carbocycles. The number of halogens is 2. The number of aryl methyl sites for hydroxylation is 1. The van der Waals surface area contributed by atoms with Gasteiger partial charge in [0.2, 0.25) is 5.71 Å². The third-order valence-corrected chi connectivity index (χ3v) is 4.68. The first-order valence-corrected chi connectivity index (χ1v) is 9.30. The zero-order chi connectivity index (χ0) is 20.5. The molecule has 0 aliphatic carbocycles. The molecule has 4 rings (SSSR count). The summed E-state index contributed by atoms with van der Waals surface area (Å²) in [4.78, 5) is 20.4. The number of anilines is 3. The molecular formula is C20H15Cl2N5O2. The topological polar surface area (TPSA) is 106 Å². The number of hydrogen-bond donors (Lipinski definition) is 3. The minimum atomic E-state index is -0.418. The summed E-state index contributed by atoms with van der Waals surface area (Å²) >= 11 is 11.9. The van der Waals surface area contributed by atoms with Gasteiger partial charge in [-0.1, -0.05) is 35.3 Å². The van der Waals surface area contributed by atoms with Gasteiger partial charge >= 0.3 is 6.03 Å². The number of carbonyl (C=O) groups excluding carboxylic acids is 1. The Balaban J connectivity index is 1.54. The van der Waals surface area contributed by atoms with Crippen LogP contribution in [0.1, 0.15) is 5.76 Å². The van der Waals surface area contributed by atoms with Crippen molar-refractivity contribution in [1.82, 2.24) is 9.97 Å². The van der Waals surface area contributed by atoms with Gasteiger partial charge in [0.05, 0.1) is 5.39 Å². The van der Waals surface area contributed by atoms with Crippen molar-refractivity contribution in [1.29, 1.82) is 0 Å². The molecule has 2 aromatic heterocycles. The van der Waals surface area contributed by atoms with Crippen LogP contribution < -0.4 is 16.4 Å². The average molecular weight is 428 g/mol. The molecule has 0 aliphatic heterocycles. The van der Waals surface area contributed by atoms with Crippen molar-refractivity contribution in [3.05, 3.63) is 64.6 Å². The second-order valence-corrected chi connectivity index (χ2v) is 7.16. The second kappa shape index (κ2) is 7.62. The van der Waals surface area contributed by atoms with Crippen molar-refractivity contribution in [3.63, 3.8) is 0 Å². The molecule has 0 aliphatic rings. The number of nitrogens with zero attached hydrogens (tertiary/aromatic N) is 2. The van der Waals surface area contributed by atoms with E-state index in [9.17, 15) is 4.79 Å². The largest absolute Gasteiger partial charge is 0.442 e. The number of aromatic nitrogens is 2. The van der Waals surface area contributed by atoms with Crippen LogP contribution in [-0.4, -0.2) is 16.0 Å². The van der Waals surface area contributed by atoms with Crippen LogP contribution in [0.4, 0.5) is 22.0 Å². The van der Waals surface area contributed by atoms with Gasteiger partial charge in [-0.25, -0.2) is 14.8 Å². The number of furan rings is 1. The number of urea groups is 1. The molecule has 4 aromatic rings. The van der Waals surface area contributed by atoms with E-state index in [1.54, 1.807) is 30.3 Å². The Morgan fingerprint density at radius 2 is 1.66 bits per heavy atom. The highest BCUT2D eigenvalue weighted by molar-refractivity contribution is 6.35. The van der Waals surface area contributed by atoms with Crippen LogP contribution in [0.5, 0.6) is 0 Å². The van der Waals surface area contributed by atoms with Crippen molar-refractivity contribution in [3.8, 4) is 11.1 Å². The van der Waals surface area contributed by atoms with Crippen LogP contribution in [-0.2, 0) is 0 Å². The molecule has 0 saturated carbocycles. The summed E-state index contributed by atoms with van der Waals surface area (Å²) in [7, 11) is 0. The Hall–Kier alpha value is -3.29. The predicted octanol–water partition coefficient (Wildman–Crippen LogP) is 5.73. The van der Waals surface area contributed by atoms with Gasteiger partial charge in [-0.3, -0.25) is 0 Å². The second-order valence-electron chi connectivity index (χ2n) is 6.29. The Morgan fingerprint density at radius 1 is 1.00 bits per heavy atom. The molecule has 29 heavy (non-hydrogen) atoms. The Bertz CT molecular complexity index is 1200. The minimum absolute atomic E-state index is 0.351. The molecule has 2 amide bonds. The monoisotopic (exact) mass is 427 g/mol. The van der Waals surface area contributed by atoms with E-state index in [0.29, 0.717) is 44.1 Å². The number of benzene rings is 2. The molecule has 4 N–H and O–H groups in total. The van der Waals surface area contributed by atoms with Gasteiger partial charge in [-0.15, -0.1) is 0 Å². The van der Waals surface area contributed by atoms with Gasteiger partial charge in [-0.05, 0) is 42.8 Å². The lowest BCUT2D eigenvalue weighted by molar-refractivity contribution is 0.262. The normalized spacial score (nSPS) is 10.9. The third kappa shape index (κ3) is 3.96. The van der Waals surface area contributed by atoms with Crippen LogP contribution in [0.25, 0.3) is 22.2 Å². The number of fused-ring (bicyclic) bond motifs is 1.